The van der Waals surface area contributed by atoms with Crippen LogP contribution in [0.25, 0.3) is 0 Å². The van der Waals surface area contributed by atoms with Crippen molar-refractivity contribution in [2.45, 2.75) is 51.9 Å². The van der Waals surface area contributed by atoms with Crippen molar-refractivity contribution in [3.63, 3.8) is 0 Å². The molecular weight excluding hydrogens is 234 g/mol. The van der Waals surface area contributed by atoms with Crippen molar-refractivity contribution in [2.24, 2.45) is 0 Å². The third-order valence-corrected chi connectivity index (χ3v) is 3.29. The summed E-state index contributed by atoms with van der Waals surface area (Å²) in [7, 11) is 0. The molecule has 1 aromatic rings. The average molecular weight is 260 g/mol. The van der Waals surface area contributed by atoms with Crippen molar-refractivity contribution >= 4 is 11.5 Å². The van der Waals surface area contributed by atoms with Gasteiger partial charge in [0.05, 0.1) is 0 Å². The first-order valence-electron chi connectivity index (χ1n) is 7.44. The highest BCUT2D eigenvalue weighted by molar-refractivity contribution is 5.96. The van der Waals surface area contributed by atoms with E-state index >= 15 is 0 Å². The molecule has 19 heavy (non-hydrogen) atoms. The summed E-state index contributed by atoms with van der Waals surface area (Å²) in [5, 5.41) is 3.39. The summed E-state index contributed by atoms with van der Waals surface area (Å²) in [5.74, 6) is 0.0995. The Kier molecular flexibility index (Phi) is 7.95. The fourth-order valence-electron chi connectivity index (χ4n) is 2.06. The molecule has 0 spiro atoms. The number of benzene rings is 1. The van der Waals surface area contributed by atoms with E-state index in [9.17, 15) is 4.79 Å². The lowest BCUT2D eigenvalue weighted by atomic mass is 10.1. The molecule has 0 bridgehead atoms. The topological polar surface area (TPSA) is 29.1 Å². The largest absolute Gasteiger partial charge is 0.385 e. The summed E-state index contributed by atoms with van der Waals surface area (Å²) in [6.45, 7) is 6.86. The first-order valence-corrected chi connectivity index (χ1v) is 7.44. The highest BCUT2D eigenvalue weighted by Crippen LogP contribution is 2.12. The third kappa shape index (κ3) is 6.42. The van der Waals surface area contributed by atoms with Gasteiger partial charge in [-0.05, 0) is 37.6 Å². The van der Waals surface area contributed by atoms with Gasteiger partial charge in [0.1, 0.15) is 0 Å². The van der Waals surface area contributed by atoms with Gasteiger partial charge in [-0.2, -0.15) is 0 Å². The molecule has 1 radical (unpaired) electrons. The number of hydrogen-bond donors (Lipinski definition) is 1. The SMILES string of the molecule is [CH2]CC(=O)c1ccc(NCCCCCCCC)cc1. The molecule has 0 heterocycles. The fourth-order valence-corrected chi connectivity index (χ4v) is 2.06. The Balaban J connectivity index is 2.18. The summed E-state index contributed by atoms with van der Waals surface area (Å²) in [6, 6.07) is 7.69. The number of hydrogen-bond acceptors (Lipinski definition) is 2. The second-order valence-electron chi connectivity index (χ2n) is 4.95. The van der Waals surface area contributed by atoms with Crippen molar-refractivity contribution in [1.82, 2.24) is 0 Å². The van der Waals surface area contributed by atoms with Crippen LogP contribution in [-0.2, 0) is 0 Å². The number of rotatable bonds is 10. The van der Waals surface area contributed by atoms with Gasteiger partial charge in [0.25, 0.3) is 0 Å². The van der Waals surface area contributed by atoms with Gasteiger partial charge in [-0.15, -0.1) is 0 Å². The lowest BCUT2D eigenvalue weighted by Gasteiger charge is -2.07. The molecule has 0 fully saturated rings. The van der Waals surface area contributed by atoms with Crippen LogP contribution in [0.3, 0.4) is 0 Å². The van der Waals surface area contributed by atoms with Crippen LogP contribution in [0.4, 0.5) is 5.69 Å². The van der Waals surface area contributed by atoms with Gasteiger partial charge in [0, 0.05) is 24.2 Å². The molecule has 1 rings (SSSR count). The Morgan fingerprint density at radius 3 is 2.32 bits per heavy atom. The average Bonchev–Trinajstić information content (AvgIpc) is 2.46. The van der Waals surface area contributed by atoms with Crippen molar-refractivity contribution in [2.75, 3.05) is 11.9 Å². The molecule has 0 saturated carbocycles. The van der Waals surface area contributed by atoms with Gasteiger partial charge in [-0.25, -0.2) is 0 Å². The summed E-state index contributed by atoms with van der Waals surface area (Å²) in [4.78, 5) is 11.4. The number of carbonyl (C=O) groups excluding carboxylic acids is 1. The van der Waals surface area contributed by atoms with Gasteiger partial charge >= 0.3 is 0 Å². The minimum absolute atomic E-state index is 0.0995. The molecular formula is C17H26NO. The summed E-state index contributed by atoms with van der Waals surface area (Å²) >= 11 is 0. The van der Waals surface area contributed by atoms with Crippen molar-refractivity contribution in [3.8, 4) is 0 Å². The Labute approximate surface area is 117 Å². The Morgan fingerprint density at radius 2 is 1.68 bits per heavy atom. The van der Waals surface area contributed by atoms with Crippen LogP contribution in [-0.4, -0.2) is 12.3 Å². The second-order valence-corrected chi connectivity index (χ2v) is 4.95. The van der Waals surface area contributed by atoms with E-state index in [0.29, 0.717) is 6.42 Å². The van der Waals surface area contributed by atoms with Gasteiger partial charge < -0.3 is 5.32 Å². The Bertz CT molecular complexity index is 356. The van der Waals surface area contributed by atoms with E-state index in [1.165, 1.54) is 38.5 Å². The molecule has 0 aliphatic carbocycles. The van der Waals surface area contributed by atoms with Gasteiger partial charge in [0.2, 0.25) is 0 Å². The maximum absolute atomic E-state index is 11.4. The van der Waals surface area contributed by atoms with E-state index < -0.39 is 0 Å². The summed E-state index contributed by atoms with van der Waals surface area (Å²) < 4.78 is 0. The summed E-state index contributed by atoms with van der Waals surface area (Å²) in [6.07, 6.45) is 8.19. The number of nitrogens with one attached hydrogen (secondary N) is 1. The maximum atomic E-state index is 11.4. The molecule has 0 amide bonds. The van der Waals surface area contributed by atoms with Crippen molar-refractivity contribution < 1.29 is 4.79 Å². The van der Waals surface area contributed by atoms with Crippen LogP contribution in [0.5, 0.6) is 0 Å². The first kappa shape index (κ1) is 15.7. The van der Waals surface area contributed by atoms with Crippen LogP contribution in [0.15, 0.2) is 24.3 Å². The van der Waals surface area contributed by atoms with E-state index in [2.05, 4.69) is 19.2 Å². The normalized spacial score (nSPS) is 10.4. The van der Waals surface area contributed by atoms with Crippen LogP contribution < -0.4 is 5.32 Å². The number of carbonyl (C=O) groups is 1. The molecule has 105 valence electrons. The molecule has 0 atom stereocenters. The monoisotopic (exact) mass is 260 g/mol. The van der Waals surface area contributed by atoms with E-state index in [4.69, 9.17) is 0 Å². The Hall–Kier alpha value is -1.31. The van der Waals surface area contributed by atoms with Crippen LogP contribution in [0, 0.1) is 6.92 Å². The third-order valence-electron chi connectivity index (χ3n) is 3.29. The van der Waals surface area contributed by atoms with E-state index in [1.807, 2.05) is 24.3 Å². The minimum Gasteiger partial charge on any atom is -0.385 e. The highest BCUT2D eigenvalue weighted by Gasteiger charge is 2.01. The fraction of sp³-hybridized carbons (Fsp3) is 0.529. The molecule has 0 aliphatic heterocycles. The molecule has 2 heteroatoms. The predicted molar refractivity (Wildman–Crippen MR) is 82.6 cm³/mol. The predicted octanol–water partition coefficient (Wildman–Crippen LogP) is 4.87. The molecule has 0 aliphatic rings. The van der Waals surface area contributed by atoms with E-state index in [1.54, 1.807) is 0 Å². The van der Waals surface area contributed by atoms with Gasteiger partial charge in [-0.3, -0.25) is 4.79 Å². The molecule has 0 saturated heterocycles. The van der Waals surface area contributed by atoms with E-state index in [-0.39, 0.29) is 5.78 Å². The highest BCUT2D eigenvalue weighted by atomic mass is 16.1. The van der Waals surface area contributed by atoms with Crippen molar-refractivity contribution in [3.05, 3.63) is 36.8 Å². The van der Waals surface area contributed by atoms with Gasteiger partial charge in [-0.1, -0.05) is 39.0 Å². The molecule has 2 nitrogen and oxygen atoms in total. The van der Waals surface area contributed by atoms with Gasteiger partial charge in [0.15, 0.2) is 5.78 Å². The summed E-state index contributed by atoms with van der Waals surface area (Å²) in [5.41, 5.74) is 1.84. The smallest absolute Gasteiger partial charge is 0.162 e. The maximum Gasteiger partial charge on any atom is 0.162 e. The number of unbranched alkanes of at least 4 members (excludes halogenated alkanes) is 5. The van der Waals surface area contributed by atoms with Crippen LogP contribution in [0.2, 0.25) is 0 Å². The van der Waals surface area contributed by atoms with Crippen LogP contribution >= 0.6 is 0 Å². The van der Waals surface area contributed by atoms with E-state index in [0.717, 1.165) is 17.8 Å². The zero-order chi connectivity index (χ0) is 13.9. The number of anilines is 1. The molecule has 1 N–H and O–H groups in total. The Morgan fingerprint density at radius 1 is 1.05 bits per heavy atom. The second kappa shape index (κ2) is 9.60. The van der Waals surface area contributed by atoms with Crippen molar-refractivity contribution in [1.29, 1.82) is 0 Å². The lowest BCUT2D eigenvalue weighted by Crippen LogP contribution is -2.02. The minimum atomic E-state index is 0.0995. The number of Topliss-reactive ketones (excluding diaryl/α,β-unsaturated/α-hetero) is 1. The zero-order valence-corrected chi connectivity index (χ0v) is 12.1. The lowest BCUT2D eigenvalue weighted by molar-refractivity contribution is 0.0995. The number of ketones is 1. The standard InChI is InChI=1S/C17H26NO/c1-3-5-6-7-8-9-14-18-16-12-10-15(11-13-16)17(19)4-2/h10-13,18H,2-9,14H2,1H3. The molecule has 0 unspecified atom stereocenters. The quantitative estimate of drug-likeness (QED) is 0.480. The first-order chi connectivity index (χ1) is 9.27. The molecule has 1 aromatic carbocycles. The van der Waals surface area contributed by atoms with Crippen LogP contribution in [0.1, 0.15) is 62.2 Å². The molecule has 0 aromatic heterocycles. The zero-order valence-electron chi connectivity index (χ0n) is 12.1.